The van der Waals surface area contributed by atoms with Gasteiger partial charge >= 0.3 is 5.97 Å². The van der Waals surface area contributed by atoms with Crippen LogP contribution in [-0.4, -0.2) is 56.1 Å². The number of quaternary nitrogens is 1. The van der Waals surface area contributed by atoms with Gasteiger partial charge in [0.15, 0.2) is 0 Å². The van der Waals surface area contributed by atoms with E-state index in [4.69, 9.17) is 14.2 Å². The second-order valence-electron chi connectivity index (χ2n) is 7.15. The number of carbonyl (C=O) groups excluding carboxylic acids is 3. The third-order valence-electron chi connectivity index (χ3n) is 6.03. The summed E-state index contributed by atoms with van der Waals surface area (Å²) in [4.78, 5) is 40.0. The average Bonchev–Trinajstić information content (AvgIpc) is 3.17. The van der Waals surface area contributed by atoms with Crippen LogP contribution >= 0.6 is 0 Å². The quantitative estimate of drug-likeness (QED) is 0.552. The first kappa shape index (κ1) is 20.1. The minimum absolute atomic E-state index is 0.209. The molecule has 2 saturated heterocycles. The molecule has 2 N–H and O–H groups in total. The highest BCUT2D eigenvalue weighted by atomic mass is 16.5. The summed E-state index contributed by atoms with van der Waals surface area (Å²) in [5.41, 5.74) is -0.400. The number of rotatable bonds is 6. The number of benzene rings is 1. The molecule has 0 aliphatic carbocycles. The van der Waals surface area contributed by atoms with Crippen molar-refractivity contribution in [3.8, 4) is 11.5 Å². The molecule has 2 amide bonds. The molecule has 4 atom stereocenters. The van der Waals surface area contributed by atoms with Gasteiger partial charge in [-0.05, 0) is 19.1 Å². The van der Waals surface area contributed by atoms with Gasteiger partial charge in [0.25, 0.3) is 0 Å². The van der Waals surface area contributed by atoms with E-state index in [1.165, 1.54) is 14.2 Å². The highest BCUT2D eigenvalue weighted by molar-refractivity contribution is 6.08. The maximum Gasteiger partial charge on any atom is 0.368 e. The zero-order chi connectivity index (χ0) is 20.6. The van der Waals surface area contributed by atoms with Gasteiger partial charge in [-0.1, -0.05) is 6.92 Å². The summed E-state index contributed by atoms with van der Waals surface area (Å²) in [7, 11) is 4.57. The second-order valence-corrected chi connectivity index (χ2v) is 7.15. The van der Waals surface area contributed by atoms with Gasteiger partial charge in [-0.25, -0.2) is 4.79 Å². The van der Waals surface area contributed by atoms with Crippen molar-refractivity contribution in [3.63, 3.8) is 0 Å². The smallest absolute Gasteiger partial charge is 0.368 e. The molecule has 0 radical (unpaired) electrons. The molecule has 2 heterocycles. The van der Waals surface area contributed by atoms with Crippen LogP contribution in [0.1, 0.15) is 31.9 Å². The number of carbonyl (C=O) groups is 3. The fourth-order valence-corrected chi connectivity index (χ4v) is 4.59. The van der Waals surface area contributed by atoms with E-state index in [-0.39, 0.29) is 18.4 Å². The molecule has 2 aliphatic rings. The van der Waals surface area contributed by atoms with Crippen LogP contribution in [0, 0.1) is 11.8 Å². The molecular weight excluding hydrogens is 364 g/mol. The van der Waals surface area contributed by atoms with Crippen molar-refractivity contribution in [1.82, 2.24) is 4.90 Å². The lowest BCUT2D eigenvalue weighted by atomic mass is 9.78. The fraction of sp³-hybridized carbons (Fsp3) is 0.550. The standard InChI is InChI=1S/C20H26N2O6/c1-6-20(19(25)28-7-2)15-14(17(23)22(3)18(15)24)16(21-20)12-9-8-11(26-4)10-13(12)27-5/h8-10,14-16,21H,6-7H2,1-5H3/p+1/t14-,15+,16-,20+/m0/s1. The van der Waals surface area contributed by atoms with Crippen molar-refractivity contribution in [1.29, 1.82) is 0 Å². The van der Waals surface area contributed by atoms with Gasteiger partial charge in [0.1, 0.15) is 29.4 Å². The Morgan fingerprint density at radius 1 is 1.18 bits per heavy atom. The molecule has 2 aliphatic heterocycles. The molecule has 1 aromatic carbocycles. The number of methoxy groups -OCH3 is 2. The third-order valence-corrected chi connectivity index (χ3v) is 6.03. The third kappa shape index (κ3) is 2.74. The SMILES string of the molecule is CCOC(=O)[C@]1(CC)[NH2+][C@@H](c2ccc(OC)cc2OC)[C@H]2C(=O)N(C)C(=O)[C@@H]21. The van der Waals surface area contributed by atoms with E-state index < -0.39 is 29.4 Å². The molecule has 0 aromatic heterocycles. The predicted octanol–water partition coefficient (Wildman–Crippen LogP) is 0.265. The molecule has 0 saturated carbocycles. The first-order valence-corrected chi connectivity index (χ1v) is 9.42. The van der Waals surface area contributed by atoms with E-state index in [9.17, 15) is 14.4 Å². The van der Waals surface area contributed by atoms with Crippen molar-refractivity contribution >= 4 is 17.8 Å². The lowest BCUT2D eigenvalue weighted by Crippen LogP contribution is -2.98. The summed E-state index contributed by atoms with van der Waals surface area (Å²) in [6.07, 6.45) is 0.370. The van der Waals surface area contributed by atoms with Crippen molar-refractivity contribution in [3.05, 3.63) is 23.8 Å². The van der Waals surface area contributed by atoms with Gasteiger partial charge in [0.05, 0.1) is 26.4 Å². The van der Waals surface area contributed by atoms with Gasteiger partial charge < -0.3 is 19.5 Å². The number of hydrogen-bond acceptors (Lipinski definition) is 6. The number of esters is 1. The van der Waals surface area contributed by atoms with Crippen molar-refractivity contribution in [2.45, 2.75) is 31.8 Å². The van der Waals surface area contributed by atoms with Crippen molar-refractivity contribution in [2.24, 2.45) is 11.8 Å². The molecule has 2 fully saturated rings. The molecule has 0 bridgehead atoms. The van der Waals surface area contributed by atoms with Crippen molar-refractivity contribution in [2.75, 3.05) is 27.9 Å². The Kier molecular flexibility index (Phi) is 5.34. The molecule has 0 spiro atoms. The topological polar surface area (TPSA) is 98.8 Å². The van der Waals surface area contributed by atoms with Crippen LogP contribution in [0.2, 0.25) is 0 Å². The van der Waals surface area contributed by atoms with E-state index in [1.54, 1.807) is 26.2 Å². The Morgan fingerprint density at radius 3 is 2.46 bits per heavy atom. The van der Waals surface area contributed by atoms with Crippen molar-refractivity contribution < 1.29 is 33.9 Å². The summed E-state index contributed by atoms with van der Waals surface area (Å²) in [6, 6.07) is 4.89. The van der Waals surface area contributed by atoms with Crippen LogP contribution in [0.25, 0.3) is 0 Å². The lowest BCUT2D eigenvalue weighted by molar-refractivity contribution is -0.734. The predicted molar refractivity (Wildman–Crippen MR) is 98.6 cm³/mol. The zero-order valence-corrected chi connectivity index (χ0v) is 16.9. The average molecular weight is 391 g/mol. The summed E-state index contributed by atoms with van der Waals surface area (Å²) >= 11 is 0. The van der Waals surface area contributed by atoms with Crippen LogP contribution in [-0.2, 0) is 19.1 Å². The van der Waals surface area contributed by atoms with E-state index in [2.05, 4.69) is 0 Å². The van der Waals surface area contributed by atoms with Gasteiger partial charge in [0.2, 0.25) is 17.4 Å². The molecule has 152 valence electrons. The monoisotopic (exact) mass is 391 g/mol. The normalized spacial score (nSPS) is 29.0. The number of ether oxygens (including phenoxy) is 3. The minimum atomic E-state index is -1.15. The van der Waals surface area contributed by atoms with Gasteiger partial charge in [-0.2, -0.15) is 0 Å². The van der Waals surface area contributed by atoms with Gasteiger partial charge in [0, 0.05) is 19.5 Å². The lowest BCUT2D eigenvalue weighted by Gasteiger charge is -2.28. The van der Waals surface area contributed by atoms with E-state index in [1.807, 2.05) is 18.3 Å². The molecule has 8 heteroatoms. The number of imide groups is 1. The Bertz CT molecular complexity index is 810. The highest BCUT2D eigenvalue weighted by Gasteiger charge is 2.71. The Balaban J connectivity index is 2.15. The van der Waals surface area contributed by atoms with Crippen LogP contribution in [0.15, 0.2) is 18.2 Å². The number of fused-ring (bicyclic) bond motifs is 1. The van der Waals surface area contributed by atoms with Crippen LogP contribution in [0.3, 0.4) is 0 Å². The van der Waals surface area contributed by atoms with E-state index >= 15 is 0 Å². The molecular formula is C20H27N2O6+. The largest absolute Gasteiger partial charge is 0.497 e. The number of nitrogens with two attached hydrogens (primary N) is 1. The van der Waals surface area contributed by atoms with E-state index in [0.717, 1.165) is 10.5 Å². The zero-order valence-electron chi connectivity index (χ0n) is 16.9. The summed E-state index contributed by atoms with van der Waals surface area (Å²) in [5, 5.41) is 1.83. The van der Waals surface area contributed by atoms with Gasteiger partial charge in [-0.15, -0.1) is 0 Å². The first-order chi connectivity index (χ1) is 13.4. The minimum Gasteiger partial charge on any atom is -0.497 e. The number of hydrogen-bond donors (Lipinski definition) is 1. The maximum absolute atomic E-state index is 13.0. The summed E-state index contributed by atoms with van der Waals surface area (Å²) in [6.45, 7) is 3.78. The number of likely N-dealkylation sites (tertiary alicyclic amines) is 1. The second kappa shape index (κ2) is 7.43. The number of nitrogens with zero attached hydrogens (tertiary/aromatic N) is 1. The molecule has 0 unspecified atom stereocenters. The highest BCUT2D eigenvalue weighted by Crippen LogP contribution is 2.47. The summed E-state index contributed by atoms with van der Waals surface area (Å²) < 4.78 is 16.1. The van der Waals surface area contributed by atoms with Gasteiger partial charge in [-0.3, -0.25) is 14.5 Å². The van der Waals surface area contributed by atoms with E-state index in [0.29, 0.717) is 17.9 Å². The number of amides is 2. The van der Waals surface area contributed by atoms with Crippen LogP contribution in [0.4, 0.5) is 0 Å². The molecule has 8 nitrogen and oxygen atoms in total. The fourth-order valence-electron chi connectivity index (χ4n) is 4.59. The van der Waals surface area contributed by atoms with Crippen LogP contribution in [0.5, 0.6) is 11.5 Å². The first-order valence-electron chi connectivity index (χ1n) is 9.42. The Hall–Kier alpha value is -2.61. The van der Waals surface area contributed by atoms with Crippen LogP contribution < -0.4 is 14.8 Å². The molecule has 28 heavy (non-hydrogen) atoms. The molecule has 3 rings (SSSR count). The Labute approximate surface area is 164 Å². The maximum atomic E-state index is 13.0. The Morgan fingerprint density at radius 2 is 1.89 bits per heavy atom. The molecule has 1 aromatic rings. The summed E-state index contributed by atoms with van der Waals surface area (Å²) in [5.74, 6) is -1.35.